The molecular formula is C16H25ClN4O4. The van der Waals surface area contributed by atoms with Gasteiger partial charge in [0.2, 0.25) is 11.8 Å². The third kappa shape index (κ3) is 5.47. The van der Waals surface area contributed by atoms with Gasteiger partial charge in [0.1, 0.15) is 0 Å². The van der Waals surface area contributed by atoms with E-state index < -0.39 is 6.04 Å². The molecule has 1 aliphatic heterocycles. The van der Waals surface area contributed by atoms with Crippen LogP contribution in [0.15, 0.2) is 22.8 Å². The zero-order chi connectivity index (χ0) is 17.7. The summed E-state index contributed by atoms with van der Waals surface area (Å²) in [5, 5.41) is 2.57. The summed E-state index contributed by atoms with van der Waals surface area (Å²) in [6.07, 6.45) is 1.46. The second-order valence-electron chi connectivity index (χ2n) is 6.14. The molecule has 1 saturated heterocycles. The number of rotatable bonds is 5. The number of carbonyl (C=O) groups is 3. The summed E-state index contributed by atoms with van der Waals surface area (Å²) in [6.45, 7) is 5.35. The average molecular weight is 373 g/mol. The van der Waals surface area contributed by atoms with Gasteiger partial charge in [0.05, 0.1) is 18.8 Å². The fourth-order valence-corrected chi connectivity index (χ4v) is 2.41. The zero-order valence-electron chi connectivity index (χ0n) is 14.4. The first-order valence-corrected chi connectivity index (χ1v) is 8.04. The highest BCUT2D eigenvalue weighted by Gasteiger charge is 2.26. The van der Waals surface area contributed by atoms with E-state index in [2.05, 4.69) is 5.32 Å². The Morgan fingerprint density at radius 3 is 2.32 bits per heavy atom. The molecule has 0 aliphatic carbocycles. The summed E-state index contributed by atoms with van der Waals surface area (Å²) in [6, 6.07) is 2.66. The van der Waals surface area contributed by atoms with Crippen LogP contribution in [0.3, 0.4) is 0 Å². The molecule has 9 heteroatoms. The highest BCUT2D eigenvalue weighted by Crippen LogP contribution is 2.09. The molecule has 0 aromatic carbocycles. The molecule has 0 unspecified atom stereocenters. The number of amides is 3. The van der Waals surface area contributed by atoms with Crippen molar-refractivity contribution in [2.24, 2.45) is 11.7 Å². The van der Waals surface area contributed by atoms with Crippen molar-refractivity contribution >= 4 is 30.1 Å². The van der Waals surface area contributed by atoms with Gasteiger partial charge in [-0.15, -0.1) is 12.4 Å². The number of nitrogens with zero attached hydrogens (tertiary/aromatic N) is 2. The maximum absolute atomic E-state index is 12.1. The molecule has 1 aromatic rings. The molecule has 3 N–H and O–H groups in total. The third-order valence-electron chi connectivity index (χ3n) is 4.09. The van der Waals surface area contributed by atoms with Crippen LogP contribution in [0.2, 0.25) is 0 Å². The van der Waals surface area contributed by atoms with Crippen molar-refractivity contribution in [3.63, 3.8) is 0 Å². The lowest BCUT2D eigenvalue weighted by Gasteiger charge is -2.34. The van der Waals surface area contributed by atoms with Gasteiger partial charge in [-0.3, -0.25) is 14.4 Å². The maximum atomic E-state index is 12.1. The van der Waals surface area contributed by atoms with E-state index in [9.17, 15) is 14.4 Å². The molecular weight excluding hydrogens is 348 g/mol. The molecule has 1 atom stereocenters. The molecule has 140 valence electrons. The molecule has 0 spiro atoms. The Morgan fingerprint density at radius 1 is 1.20 bits per heavy atom. The van der Waals surface area contributed by atoms with E-state index in [-0.39, 0.29) is 42.6 Å². The normalized spacial score (nSPS) is 15.5. The Hall–Kier alpha value is -2.06. The first kappa shape index (κ1) is 21.0. The van der Waals surface area contributed by atoms with Crippen LogP contribution < -0.4 is 11.1 Å². The lowest BCUT2D eigenvalue weighted by Crippen LogP contribution is -2.53. The second-order valence-corrected chi connectivity index (χ2v) is 6.14. The number of carbonyl (C=O) groups excluding carboxylic acids is 3. The summed E-state index contributed by atoms with van der Waals surface area (Å²) in [5.41, 5.74) is 5.73. The fraction of sp³-hybridized carbons (Fsp3) is 0.562. The van der Waals surface area contributed by atoms with E-state index in [0.29, 0.717) is 31.9 Å². The molecule has 1 aliphatic rings. The Bertz CT molecular complexity index is 583. The Balaban J connectivity index is 0.00000312. The van der Waals surface area contributed by atoms with Gasteiger partial charge in [0.15, 0.2) is 5.76 Å². The van der Waals surface area contributed by atoms with E-state index in [1.165, 1.54) is 6.26 Å². The van der Waals surface area contributed by atoms with Crippen LogP contribution in [0.25, 0.3) is 0 Å². The Labute approximate surface area is 153 Å². The van der Waals surface area contributed by atoms with Gasteiger partial charge in [-0.25, -0.2) is 0 Å². The predicted octanol–water partition coefficient (Wildman–Crippen LogP) is 0.0853. The van der Waals surface area contributed by atoms with Crippen LogP contribution >= 0.6 is 12.4 Å². The minimum atomic E-state index is -0.624. The van der Waals surface area contributed by atoms with Crippen LogP contribution in [-0.4, -0.2) is 66.3 Å². The minimum Gasteiger partial charge on any atom is -0.459 e. The molecule has 2 rings (SSSR count). The Morgan fingerprint density at radius 2 is 1.80 bits per heavy atom. The van der Waals surface area contributed by atoms with Crippen molar-refractivity contribution in [2.45, 2.75) is 19.9 Å². The number of hydrogen-bond donors (Lipinski definition) is 2. The molecule has 25 heavy (non-hydrogen) atoms. The van der Waals surface area contributed by atoms with Crippen LogP contribution in [0.1, 0.15) is 24.4 Å². The van der Waals surface area contributed by atoms with E-state index in [1.807, 2.05) is 13.8 Å². The van der Waals surface area contributed by atoms with E-state index in [1.54, 1.807) is 21.9 Å². The van der Waals surface area contributed by atoms with Crippen LogP contribution in [0.4, 0.5) is 0 Å². The first-order valence-electron chi connectivity index (χ1n) is 8.04. The molecule has 1 fully saturated rings. The van der Waals surface area contributed by atoms with E-state index in [0.717, 1.165) is 0 Å². The number of piperazine rings is 1. The topological polar surface area (TPSA) is 109 Å². The van der Waals surface area contributed by atoms with Gasteiger partial charge in [0, 0.05) is 26.2 Å². The number of nitrogens with two attached hydrogens (primary N) is 1. The number of halogens is 1. The van der Waals surface area contributed by atoms with Gasteiger partial charge in [0.25, 0.3) is 5.91 Å². The van der Waals surface area contributed by atoms with Gasteiger partial charge in [-0.1, -0.05) is 13.8 Å². The average Bonchev–Trinajstić information content (AvgIpc) is 3.12. The lowest BCUT2D eigenvalue weighted by molar-refractivity contribution is -0.134. The predicted molar refractivity (Wildman–Crippen MR) is 94.3 cm³/mol. The van der Waals surface area contributed by atoms with Crippen LogP contribution in [0.5, 0.6) is 0 Å². The van der Waals surface area contributed by atoms with E-state index in [4.69, 9.17) is 10.2 Å². The summed E-state index contributed by atoms with van der Waals surface area (Å²) < 4.78 is 5.10. The van der Waals surface area contributed by atoms with E-state index >= 15 is 0 Å². The first-order chi connectivity index (χ1) is 11.4. The highest BCUT2D eigenvalue weighted by atomic mass is 35.5. The summed E-state index contributed by atoms with van der Waals surface area (Å²) in [4.78, 5) is 39.4. The van der Waals surface area contributed by atoms with Crippen molar-refractivity contribution in [2.75, 3.05) is 32.7 Å². The number of furan rings is 1. The highest BCUT2D eigenvalue weighted by molar-refractivity contribution is 5.92. The molecule has 0 radical (unpaired) electrons. The van der Waals surface area contributed by atoms with Crippen molar-refractivity contribution in [1.82, 2.24) is 15.1 Å². The second kappa shape index (κ2) is 9.43. The summed E-state index contributed by atoms with van der Waals surface area (Å²) in [7, 11) is 0. The zero-order valence-corrected chi connectivity index (χ0v) is 15.3. The maximum Gasteiger partial charge on any atom is 0.289 e. The molecule has 1 aromatic heterocycles. The number of nitrogens with one attached hydrogen (secondary N) is 1. The molecule has 0 bridgehead atoms. The lowest BCUT2D eigenvalue weighted by atomic mass is 10.1. The SMILES string of the molecule is CC(C)[C@H](N)C(=O)NCC(=O)N1CCN(C(=O)c2ccco2)CC1.Cl. The van der Waals surface area contributed by atoms with Gasteiger partial charge in [-0.2, -0.15) is 0 Å². The molecule has 2 heterocycles. The summed E-state index contributed by atoms with van der Waals surface area (Å²) in [5.74, 6) is -0.376. The fourth-order valence-electron chi connectivity index (χ4n) is 2.41. The van der Waals surface area contributed by atoms with Gasteiger partial charge < -0.3 is 25.3 Å². The summed E-state index contributed by atoms with van der Waals surface area (Å²) >= 11 is 0. The van der Waals surface area contributed by atoms with Crippen molar-refractivity contribution in [3.8, 4) is 0 Å². The van der Waals surface area contributed by atoms with Crippen LogP contribution in [0, 0.1) is 5.92 Å². The number of hydrogen-bond acceptors (Lipinski definition) is 5. The third-order valence-corrected chi connectivity index (χ3v) is 4.09. The van der Waals surface area contributed by atoms with Gasteiger partial charge in [-0.05, 0) is 18.1 Å². The van der Waals surface area contributed by atoms with Crippen molar-refractivity contribution in [3.05, 3.63) is 24.2 Å². The standard InChI is InChI=1S/C16H24N4O4.ClH/c1-11(2)14(17)15(22)18-10-13(21)19-5-7-20(8-6-19)16(23)12-4-3-9-24-12;/h3-4,9,11,14H,5-8,10,17H2,1-2H3,(H,18,22);1H/t14-;/m0./s1. The van der Waals surface area contributed by atoms with Gasteiger partial charge >= 0.3 is 0 Å². The molecule has 3 amide bonds. The quantitative estimate of drug-likeness (QED) is 0.761. The minimum absolute atomic E-state index is 0. The monoisotopic (exact) mass is 372 g/mol. The van der Waals surface area contributed by atoms with Crippen molar-refractivity contribution in [1.29, 1.82) is 0 Å². The van der Waals surface area contributed by atoms with Crippen molar-refractivity contribution < 1.29 is 18.8 Å². The largest absolute Gasteiger partial charge is 0.459 e. The smallest absolute Gasteiger partial charge is 0.289 e. The molecule has 8 nitrogen and oxygen atoms in total. The molecule has 0 saturated carbocycles. The van der Waals surface area contributed by atoms with Crippen LogP contribution in [-0.2, 0) is 9.59 Å². The Kier molecular flexibility index (Phi) is 7.92.